The number of hydrogen-bond donors (Lipinski definition) is 1. The van der Waals surface area contributed by atoms with Crippen LogP contribution in [0.5, 0.6) is 0 Å². The summed E-state index contributed by atoms with van der Waals surface area (Å²) in [6.07, 6.45) is -1.74. The maximum atomic E-state index is 12.5. The van der Waals surface area contributed by atoms with Crippen LogP contribution in [0.4, 0.5) is 13.2 Å². The first-order chi connectivity index (χ1) is 7.47. The number of rotatable bonds is 1. The van der Waals surface area contributed by atoms with Gasteiger partial charge in [0.1, 0.15) is 0 Å². The number of hydrogen-bond acceptors (Lipinski definition) is 2. The lowest BCUT2D eigenvalue weighted by Crippen LogP contribution is -2.05. The highest BCUT2D eigenvalue weighted by molar-refractivity contribution is 8.03. The molecule has 1 atom stereocenters. The minimum absolute atomic E-state index is 0.0160. The number of halogens is 3. The molecule has 1 nitrogen and oxygen atoms in total. The van der Waals surface area contributed by atoms with Crippen molar-refractivity contribution in [3.8, 4) is 0 Å². The molecular weight excluding hydrogens is 235 g/mol. The van der Waals surface area contributed by atoms with Crippen LogP contribution >= 0.6 is 11.8 Å². The van der Waals surface area contributed by atoms with Crippen molar-refractivity contribution >= 4 is 11.8 Å². The predicted molar refractivity (Wildman–Crippen MR) is 58.7 cm³/mol. The van der Waals surface area contributed by atoms with Crippen LogP contribution in [-0.2, 0) is 6.18 Å². The van der Waals surface area contributed by atoms with Crippen molar-refractivity contribution in [2.75, 3.05) is 0 Å². The second-order valence-electron chi connectivity index (χ2n) is 3.57. The smallest absolute Gasteiger partial charge is 0.394 e. The Bertz CT molecular complexity index is 425. The Morgan fingerprint density at radius 2 is 2.06 bits per heavy atom. The molecule has 0 amide bonds. The Kier molecular flexibility index (Phi) is 2.88. The van der Waals surface area contributed by atoms with Crippen molar-refractivity contribution in [3.63, 3.8) is 0 Å². The zero-order valence-corrected chi connectivity index (χ0v) is 9.11. The molecule has 0 radical (unpaired) electrons. The van der Waals surface area contributed by atoms with Crippen molar-refractivity contribution in [1.82, 2.24) is 0 Å². The van der Waals surface area contributed by atoms with Gasteiger partial charge >= 0.3 is 6.18 Å². The van der Waals surface area contributed by atoms with Crippen LogP contribution < -0.4 is 5.73 Å². The van der Waals surface area contributed by atoms with Gasteiger partial charge in [0.15, 0.2) is 0 Å². The van der Waals surface area contributed by atoms with Gasteiger partial charge in [-0.15, -0.1) is 11.8 Å². The van der Waals surface area contributed by atoms with Gasteiger partial charge in [0.25, 0.3) is 0 Å². The lowest BCUT2D eigenvalue weighted by molar-refractivity contribution is -0.137. The zero-order valence-electron chi connectivity index (χ0n) is 8.29. The topological polar surface area (TPSA) is 26.0 Å². The van der Waals surface area contributed by atoms with Crippen molar-refractivity contribution < 1.29 is 13.2 Å². The maximum absolute atomic E-state index is 12.5. The number of allylic oxidation sites excluding steroid dienone is 1. The molecule has 1 heterocycles. The summed E-state index contributed by atoms with van der Waals surface area (Å²) >= 11 is 1.41. The van der Waals surface area contributed by atoms with E-state index in [1.54, 1.807) is 6.07 Å². The molecule has 16 heavy (non-hydrogen) atoms. The van der Waals surface area contributed by atoms with Crippen molar-refractivity contribution in [2.24, 2.45) is 5.73 Å². The van der Waals surface area contributed by atoms with E-state index in [1.807, 2.05) is 6.08 Å². The van der Waals surface area contributed by atoms with Gasteiger partial charge in [-0.3, -0.25) is 0 Å². The molecule has 1 aliphatic heterocycles. The van der Waals surface area contributed by atoms with Gasteiger partial charge in [-0.05, 0) is 18.1 Å². The molecule has 2 N–H and O–H groups in total. The molecule has 0 fully saturated rings. The summed E-state index contributed by atoms with van der Waals surface area (Å²) in [5, 5.41) is 0.699. The summed E-state index contributed by atoms with van der Waals surface area (Å²) in [5.74, 6) is 0. The number of alkyl halides is 3. The molecule has 0 saturated carbocycles. The highest BCUT2D eigenvalue weighted by Gasteiger charge is 2.31. The first-order valence-corrected chi connectivity index (χ1v) is 5.64. The fourth-order valence-corrected chi connectivity index (χ4v) is 2.60. The average molecular weight is 245 g/mol. The lowest BCUT2D eigenvalue weighted by atomic mass is 10.1. The van der Waals surface area contributed by atoms with Gasteiger partial charge < -0.3 is 5.73 Å². The monoisotopic (exact) mass is 245 g/mol. The second-order valence-corrected chi connectivity index (χ2v) is 4.85. The summed E-state index contributed by atoms with van der Waals surface area (Å²) in [6, 6.07) is 5.43. The third kappa shape index (κ3) is 2.35. The fourth-order valence-electron chi connectivity index (χ4n) is 1.60. The van der Waals surface area contributed by atoms with Crippen LogP contribution in [0.15, 0.2) is 35.4 Å². The Morgan fingerprint density at radius 1 is 1.31 bits per heavy atom. The van der Waals surface area contributed by atoms with E-state index in [2.05, 4.69) is 0 Å². The van der Waals surface area contributed by atoms with E-state index in [0.717, 1.165) is 6.07 Å². The minimum Gasteiger partial charge on any atom is -0.394 e. The minimum atomic E-state index is -4.28. The van der Waals surface area contributed by atoms with Gasteiger partial charge in [0.05, 0.1) is 10.6 Å². The number of benzene rings is 1. The summed E-state index contributed by atoms with van der Waals surface area (Å²) in [5.41, 5.74) is 5.66. The summed E-state index contributed by atoms with van der Waals surface area (Å²) < 4.78 is 37.5. The van der Waals surface area contributed by atoms with Crippen LogP contribution in [0.2, 0.25) is 0 Å². The summed E-state index contributed by atoms with van der Waals surface area (Å²) in [6.45, 7) is 0. The maximum Gasteiger partial charge on any atom is 0.416 e. The molecule has 0 saturated heterocycles. The van der Waals surface area contributed by atoms with E-state index in [4.69, 9.17) is 5.73 Å². The van der Waals surface area contributed by atoms with E-state index in [1.165, 1.54) is 23.9 Å². The molecule has 0 spiro atoms. The average Bonchev–Trinajstić information content (AvgIpc) is 2.64. The van der Waals surface area contributed by atoms with Crippen LogP contribution in [0.3, 0.4) is 0 Å². The largest absolute Gasteiger partial charge is 0.416 e. The molecule has 1 aromatic rings. The molecule has 86 valence electrons. The van der Waals surface area contributed by atoms with E-state index in [0.29, 0.717) is 17.0 Å². The van der Waals surface area contributed by atoms with Gasteiger partial charge in [0.2, 0.25) is 0 Å². The molecule has 0 aromatic heterocycles. The lowest BCUT2D eigenvalue weighted by Gasteiger charge is -2.12. The molecule has 1 aromatic carbocycles. The quantitative estimate of drug-likeness (QED) is 0.816. The summed E-state index contributed by atoms with van der Waals surface area (Å²) in [7, 11) is 0. The van der Waals surface area contributed by atoms with E-state index >= 15 is 0 Å². The third-order valence-electron chi connectivity index (χ3n) is 2.40. The highest BCUT2D eigenvalue weighted by Crippen LogP contribution is 2.42. The van der Waals surface area contributed by atoms with E-state index < -0.39 is 11.7 Å². The Labute approximate surface area is 95.5 Å². The molecule has 2 rings (SSSR count). The first kappa shape index (κ1) is 11.4. The Morgan fingerprint density at radius 3 is 2.62 bits per heavy atom. The van der Waals surface area contributed by atoms with Crippen LogP contribution in [0.25, 0.3) is 0 Å². The molecule has 5 heteroatoms. The van der Waals surface area contributed by atoms with Crippen LogP contribution in [0.1, 0.15) is 22.8 Å². The predicted octanol–water partition coefficient (Wildman–Crippen LogP) is 3.68. The first-order valence-electron chi connectivity index (χ1n) is 4.76. The zero-order chi connectivity index (χ0) is 11.8. The Hall–Kier alpha value is -1.10. The van der Waals surface area contributed by atoms with Crippen LogP contribution in [-0.4, -0.2) is 0 Å². The van der Waals surface area contributed by atoms with Gasteiger partial charge in [-0.25, -0.2) is 0 Å². The van der Waals surface area contributed by atoms with Crippen molar-refractivity contribution in [3.05, 3.63) is 46.5 Å². The molecular formula is C11H10F3NS. The SMILES string of the molecule is NC1=CCC(c2cccc(C(F)(F)F)c2)S1. The Balaban J connectivity index is 2.24. The van der Waals surface area contributed by atoms with Crippen LogP contribution in [0, 0.1) is 0 Å². The molecule has 0 aliphatic carbocycles. The standard InChI is InChI=1S/C11H10F3NS/c12-11(13,14)8-3-1-2-7(6-8)9-4-5-10(15)16-9/h1-3,5-6,9H,4,15H2. The fraction of sp³-hybridized carbons (Fsp3) is 0.273. The number of thioether (sulfide) groups is 1. The van der Waals surface area contributed by atoms with Crippen molar-refractivity contribution in [1.29, 1.82) is 0 Å². The highest BCUT2D eigenvalue weighted by atomic mass is 32.2. The normalized spacial score (nSPS) is 20.9. The molecule has 1 aliphatic rings. The van der Waals surface area contributed by atoms with Gasteiger partial charge in [0, 0.05) is 5.25 Å². The van der Waals surface area contributed by atoms with E-state index in [-0.39, 0.29) is 5.25 Å². The second kappa shape index (κ2) is 4.05. The summed E-state index contributed by atoms with van der Waals surface area (Å²) in [4.78, 5) is 0. The van der Waals surface area contributed by atoms with Crippen molar-refractivity contribution in [2.45, 2.75) is 17.8 Å². The van der Waals surface area contributed by atoms with Gasteiger partial charge in [-0.1, -0.05) is 24.3 Å². The third-order valence-corrected chi connectivity index (χ3v) is 3.59. The number of nitrogens with two attached hydrogens (primary N) is 1. The van der Waals surface area contributed by atoms with E-state index in [9.17, 15) is 13.2 Å². The molecule has 0 bridgehead atoms. The molecule has 1 unspecified atom stereocenters. The van der Waals surface area contributed by atoms with Gasteiger partial charge in [-0.2, -0.15) is 13.2 Å².